The van der Waals surface area contributed by atoms with Crippen molar-refractivity contribution in [2.45, 2.75) is 105 Å². The molecular weight excluding hydrogens is 442 g/mol. The summed E-state index contributed by atoms with van der Waals surface area (Å²) in [4.78, 5) is 0. The van der Waals surface area contributed by atoms with Crippen LogP contribution >= 0.6 is 0 Å². The van der Waals surface area contributed by atoms with Crippen molar-refractivity contribution in [2.24, 2.45) is 0 Å². The van der Waals surface area contributed by atoms with Crippen LogP contribution in [-0.4, -0.2) is 51.2 Å². The predicted octanol–water partition coefficient (Wildman–Crippen LogP) is 6.65. The number of hydrogen-bond acceptors (Lipinski definition) is 4. The summed E-state index contributed by atoms with van der Waals surface area (Å²) in [5.41, 5.74) is 4.74. The van der Waals surface area contributed by atoms with Crippen molar-refractivity contribution in [1.82, 2.24) is 5.32 Å². The van der Waals surface area contributed by atoms with E-state index in [-0.39, 0.29) is 16.5 Å². The standard InChI is InChI=1S/C30H50B2N2O2/c1-21(2)18-35-26-24(34-28(8,9)10)16-23(17-32-26)29(11,12)25(31)14-15-30(13,36-19-22(3)4)20-33-27(5,6)7/h14,16-17,33-34H,1,3,15,18-20H2,2,4-13H3/b25-14-. The molecule has 1 rings (SSSR count). The maximum atomic E-state index is 6.75. The quantitative estimate of drug-likeness (QED) is 0.239. The minimum absolute atomic E-state index is 0.00716. The van der Waals surface area contributed by atoms with Crippen LogP contribution < -0.4 is 15.4 Å². The van der Waals surface area contributed by atoms with Gasteiger partial charge in [-0.3, -0.25) is 0 Å². The molecule has 36 heavy (non-hydrogen) atoms. The van der Waals surface area contributed by atoms with Crippen molar-refractivity contribution in [1.29, 1.82) is 0 Å². The van der Waals surface area contributed by atoms with E-state index in [0.717, 1.165) is 33.5 Å². The first kappa shape index (κ1) is 32.2. The van der Waals surface area contributed by atoms with Gasteiger partial charge in [0.15, 0.2) is 0 Å². The van der Waals surface area contributed by atoms with E-state index in [1.165, 1.54) is 0 Å². The zero-order valence-electron chi connectivity index (χ0n) is 24.9. The SMILES string of the molecule is [B]/C(=C\CC(C)(CNC(C)(C)C)OCC(=C)C)C(C)(C)c1cbc(OCC(=C)C)c(NC(C)(C)C)c1. The Bertz CT molecular complexity index is 939. The first-order valence-electron chi connectivity index (χ1n) is 12.9. The van der Waals surface area contributed by atoms with E-state index in [1.807, 2.05) is 20.8 Å². The molecule has 0 aliphatic carbocycles. The third-order valence-electron chi connectivity index (χ3n) is 5.82. The van der Waals surface area contributed by atoms with Crippen LogP contribution in [0.5, 0.6) is 5.64 Å². The summed E-state index contributed by atoms with van der Waals surface area (Å²) in [5, 5.41) is 7.17. The van der Waals surface area contributed by atoms with Gasteiger partial charge in [0.05, 0.1) is 0 Å². The summed E-state index contributed by atoms with van der Waals surface area (Å²) < 4.78 is 12.3. The Kier molecular flexibility index (Phi) is 11.3. The fourth-order valence-corrected chi connectivity index (χ4v) is 3.43. The fourth-order valence-electron chi connectivity index (χ4n) is 3.43. The van der Waals surface area contributed by atoms with E-state index < -0.39 is 5.60 Å². The molecule has 6 heteroatoms. The van der Waals surface area contributed by atoms with E-state index in [0.29, 0.717) is 26.2 Å². The summed E-state index contributed by atoms with van der Waals surface area (Å²) in [6.45, 7) is 35.0. The molecule has 1 heterocycles. The Morgan fingerprint density at radius 2 is 1.56 bits per heavy atom. The van der Waals surface area contributed by atoms with Crippen molar-refractivity contribution < 1.29 is 9.47 Å². The molecular formula is C30H50B2N2O2. The molecule has 0 amide bonds. The van der Waals surface area contributed by atoms with Crippen LogP contribution in [0.2, 0.25) is 0 Å². The fraction of sp³-hybridized carbons (Fsp3) is 0.633. The molecule has 0 aliphatic heterocycles. The third-order valence-corrected chi connectivity index (χ3v) is 5.82. The molecule has 1 aromatic heterocycles. The molecule has 0 spiro atoms. The van der Waals surface area contributed by atoms with Crippen molar-refractivity contribution in [3.05, 3.63) is 53.4 Å². The molecule has 2 N–H and O–H groups in total. The molecule has 4 nitrogen and oxygen atoms in total. The number of anilines is 1. The van der Waals surface area contributed by atoms with E-state index in [2.05, 4.69) is 104 Å². The number of nitrogens with one attached hydrogen (secondary N) is 2. The van der Waals surface area contributed by atoms with Crippen LogP contribution in [0.15, 0.2) is 47.9 Å². The van der Waals surface area contributed by atoms with Gasteiger partial charge in [0.2, 0.25) is 0 Å². The van der Waals surface area contributed by atoms with Crippen LogP contribution in [-0.2, 0) is 10.2 Å². The summed E-state index contributed by atoms with van der Waals surface area (Å²) >= 11 is 0. The summed E-state index contributed by atoms with van der Waals surface area (Å²) in [7, 11) is 6.75. The first-order valence-corrected chi connectivity index (χ1v) is 12.9. The Morgan fingerprint density at radius 3 is 2.06 bits per heavy atom. The van der Waals surface area contributed by atoms with E-state index in [1.54, 1.807) is 0 Å². The number of rotatable bonds is 13. The van der Waals surface area contributed by atoms with Crippen LogP contribution in [0, 0.1) is 0 Å². The maximum absolute atomic E-state index is 6.75. The third kappa shape index (κ3) is 11.5. The number of hydrogen-bond donors (Lipinski definition) is 2. The molecule has 2 radical (unpaired) electrons. The Morgan fingerprint density at radius 1 is 0.972 bits per heavy atom. The average Bonchev–Trinajstić information content (AvgIpc) is 2.72. The van der Waals surface area contributed by atoms with E-state index in [4.69, 9.17) is 17.3 Å². The van der Waals surface area contributed by atoms with Gasteiger partial charge < -0.3 is 0 Å². The minimum atomic E-state index is -0.411. The molecule has 0 bridgehead atoms. The normalized spacial score (nSPS) is 14.7. The van der Waals surface area contributed by atoms with Crippen molar-refractivity contribution in [3.8, 4) is 5.64 Å². The van der Waals surface area contributed by atoms with Gasteiger partial charge in [-0.2, -0.15) is 0 Å². The summed E-state index contributed by atoms with van der Waals surface area (Å²) in [6.07, 6.45) is 2.80. The van der Waals surface area contributed by atoms with Crippen molar-refractivity contribution in [2.75, 3.05) is 25.1 Å². The monoisotopic (exact) mass is 492 g/mol. The van der Waals surface area contributed by atoms with Gasteiger partial charge in [-0.25, -0.2) is 0 Å². The molecule has 1 atom stereocenters. The van der Waals surface area contributed by atoms with Crippen LogP contribution in [0.25, 0.3) is 0 Å². The van der Waals surface area contributed by atoms with Gasteiger partial charge in [-0.1, -0.05) is 0 Å². The van der Waals surface area contributed by atoms with Gasteiger partial charge in [0.25, 0.3) is 0 Å². The Labute approximate surface area is 224 Å². The Balaban J connectivity index is 3.26. The van der Waals surface area contributed by atoms with Crippen LogP contribution in [0.1, 0.15) is 88.1 Å². The molecule has 198 valence electrons. The zero-order valence-corrected chi connectivity index (χ0v) is 24.9. The Hall–Kier alpha value is -1.78. The second kappa shape index (κ2) is 12.6. The van der Waals surface area contributed by atoms with E-state index >= 15 is 0 Å². The molecule has 0 aliphatic rings. The molecule has 0 saturated carbocycles. The van der Waals surface area contributed by atoms with Crippen molar-refractivity contribution >= 4 is 20.4 Å². The van der Waals surface area contributed by atoms with Gasteiger partial charge >= 0.3 is 224 Å². The van der Waals surface area contributed by atoms with Gasteiger partial charge in [-0.15, -0.1) is 0 Å². The van der Waals surface area contributed by atoms with Gasteiger partial charge in [0.1, 0.15) is 0 Å². The second-order valence-electron chi connectivity index (χ2n) is 13.1. The molecule has 0 saturated heterocycles. The van der Waals surface area contributed by atoms with Gasteiger partial charge in [-0.05, 0) is 0 Å². The zero-order chi connectivity index (χ0) is 27.9. The number of ether oxygens (including phenoxy) is 2. The van der Waals surface area contributed by atoms with Crippen molar-refractivity contribution in [3.63, 3.8) is 0 Å². The molecule has 1 aromatic rings. The van der Waals surface area contributed by atoms with Crippen LogP contribution in [0.3, 0.4) is 0 Å². The average molecular weight is 492 g/mol. The summed E-state index contributed by atoms with van der Waals surface area (Å²) in [6, 6.07) is 2.15. The molecule has 0 aromatic carbocycles. The van der Waals surface area contributed by atoms with E-state index in [9.17, 15) is 0 Å². The van der Waals surface area contributed by atoms with Crippen LogP contribution in [0.4, 0.5) is 5.69 Å². The molecule has 0 fully saturated rings. The second-order valence-corrected chi connectivity index (χ2v) is 13.1. The predicted molar refractivity (Wildman–Crippen MR) is 160 cm³/mol. The number of allylic oxidation sites excluding steroid dienone is 1. The molecule has 1 unspecified atom stereocenters. The summed E-state index contributed by atoms with van der Waals surface area (Å²) in [5.74, 6) is 2.10. The van der Waals surface area contributed by atoms with Gasteiger partial charge in [0, 0.05) is 0 Å². The first-order chi connectivity index (χ1) is 16.2. The topological polar surface area (TPSA) is 42.5 Å².